The van der Waals surface area contributed by atoms with E-state index in [1.165, 1.54) is 14.2 Å². The van der Waals surface area contributed by atoms with E-state index < -0.39 is 22.8 Å². The molecule has 2 aliphatic rings. The van der Waals surface area contributed by atoms with Crippen LogP contribution in [0.25, 0.3) is 0 Å². The fourth-order valence-electron chi connectivity index (χ4n) is 3.54. The van der Waals surface area contributed by atoms with Gasteiger partial charge in [0.2, 0.25) is 0 Å². The van der Waals surface area contributed by atoms with Crippen LogP contribution in [-0.4, -0.2) is 31.9 Å². The van der Waals surface area contributed by atoms with Gasteiger partial charge in [-0.25, -0.2) is 0 Å². The lowest BCUT2D eigenvalue weighted by Crippen LogP contribution is -2.40. The first-order valence-corrected chi connectivity index (χ1v) is 7.01. The standard InChI is InChI=1S/C17H20O5/c1-10-6-16(7-11(2)13(10)18)9-17(8-12(16)3,14(19)21-4)15(20)22-5/h6-7H,3,8-9H2,1-2,4-5H3. The largest absolute Gasteiger partial charge is 0.468 e. The molecule has 2 rings (SSSR count). The molecule has 2 aliphatic carbocycles. The van der Waals surface area contributed by atoms with Crippen LogP contribution in [0, 0.1) is 10.8 Å². The predicted molar refractivity (Wildman–Crippen MR) is 79.8 cm³/mol. The Morgan fingerprint density at radius 3 is 1.95 bits per heavy atom. The van der Waals surface area contributed by atoms with E-state index in [4.69, 9.17) is 9.47 Å². The highest BCUT2D eigenvalue weighted by atomic mass is 16.5. The second kappa shape index (κ2) is 5.23. The third-order valence-corrected chi connectivity index (χ3v) is 4.58. The zero-order valence-electron chi connectivity index (χ0n) is 13.3. The van der Waals surface area contributed by atoms with Crippen molar-refractivity contribution in [3.8, 4) is 0 Å². The fourth-order valence-corrected chi connectivity index (χ4v) is 3.54. The van der Waals surface area contributed by atoms with Crippen LogP contribution in [0.1, 0.15) is 26.7 Å². The molecular formula is C17H20O5. The van der Waals surface area contributed by atoms with Crippen LogP contribution in [0.4, 0.5) is 0 Å². The zero-order chi connectivity index (χ0) is 16.7. The van der Waals surface area contributed by atoms with Gasteiger partial charge in [0.15, 0.2) is 11.2 Å². The van der Waals surface area contributed by atoms with Crippen molar-refractivity contribution in [3.63, 3.8) is 0 Å². The van der Waals surface area contributed by atoms with Crippen LogP contribution < -0.4 is 0 Å². The highest BCUT2D eigenvalue weighted by molar-refractivity contribution is 6.09. The van der Waals surface area contributed by atoms with Crippen LogP contribution in [-0.2, 0) is 23.9 Å². The molecule has 0 bridgehead atoms. The number of ketones is 1. The van der Waals surface area contributed by atoms with Gasteiger partial charge in [-0.2, -0.15) is 0 Å². The van der Waals surface area contributed by atoms with Gasteiger partial charge in [-0.1, -0.05) is 24.3 Å². The van der Waals surface area contributed by atoms with Crippen molar-refractivity contribution >= 4 is 17.7 Å². The second-order valence-electron chi connectivity index (χ2n) is 6.05. The molecule has 0 aromatic heterocycles. The Labute approximate surface area is 129 Å². The smallest absolute Gasteiger partial charge is 0.323 e. The molecule has 0 radical (unpaired) electrons. The Morgan fingerprint density at radius 1 is 1.09 bits per heavy atom. The minimum Gasteiger partial charge on any atom is -0.468 e. The zero-order valence-corrected chi connectivity index (χ0v) is 13.3. The average Bonchev–Trinajstić information content (AvgIpc) is 2.77. The van der Waals surface area contributed by atoms with Gasteiger partial charge >= 0.3 is 11.9 Å². The van der Waals surface area contributed by atoms with Crippen molar-refractivity contribution in [2.45, 2.75) is 26.7 Å². The van der Waals surface area contributed by atoms with Crippen molar-refractivity contribution in [2.24, 2.45) is 10.8 Å². The molecule has 0 atom stereocenters. The van der Waals surface area contributed by atoms with Crippen molar-refractivity contribution in [1.82, 2.24) is 0 Å². The first kappa shape index (κ1) is 16.2. The van der Waals surface area contributed by atoms with Crippen LogP contribution in [0.5, 0.6) is 0 Å². The van der Waals surface area contributed by atoms with Crippen LogP contribution >= 0.6 is 0 Å². The molecule has 0 unspecified atom stereocenters. The summed E-state index contributed by atoms with van der Waals surface area (Å²) in [5, 5.41) is 0. The minimum absolute atomic E-state index is 0.0351. The van der Waals surface area contributed by atoms with E-state index in [-0.39, 0.29) is 18.6 Å². The molecule has 1 fully saturated rings. The van der Waals surface area contributed by atoms with Crippen LogP contribution in [0.2, 0.25) is 0 Å². The number of esters is 2. The third-order valence-electron chi connectivity index (χ3n) is 4.58. The number of rotatable bonds is 2. The van der Waals surface area contributed by atoms with Gasteiger partial charge in [-0.3, -0.25) is 14.4 Å². The topological polar surface area (TPSA) is 69.7 Å². The molecule has 0 aromatic rings. The van der Waals surface area contributed by atoms with Crippen molar-refractivity contribution < 1.29 is 23.9 Å². The predicted octanol–water partition coefficient (Wildman–Crippen LogP) is 2.13. The number of ether oxygens (including phenoxy) is 2. The highest BCUT2D eigenvalue weighted by Crippen LogP contribution is 2.57. The first-order valence-electron chi connectivity index (χ1n) is 7.01. The number of carbonyl (C=O) groups excluding carboxylic acids is 3. The maximum atomic E-state index is 12.3. The quantitative estimate of drug-likeness (QED) is 0.444. The third kappa shape index (κ3) is 2.12. The van der Waals surface area contributed by atoms with E-state index in [0.29, 0.717) is 16.7 Å². The summed E-state index contributed by atoms with van der Waals surface area (Å²) in [4.78, 5) is 36.5. The van der Waals surface area contributed by atoms with E-state index in [0.717, 1.165) is 0 Å². The Kier molecular flexibility index (Phi) is 3.85. The summed E-state index contributed by atoms with van der Waals surface area (Å²) < 4.78 is 9.66. The first-order chi connectivity index (χ1) is 10.2. The fraction of sp³-hybridized carbons (Fsp3) is 0.471. The Hall–Kier alpha value is -2.17. The van der Waals surface area contributed by atoms with Gasteiger partial charge in [0.1, 0.15) is 0 Å². The number of allylic oxidation sites excluding steroid dienone is 5. The van der Waals surface area contributed by atoms with Gasteiger partial charge in [-0.05, 0) is 37.8 Å². The Bertz CT molecular complexity index is 597. The summed E-state index contributed by atoms with van der Waals surface area (Å²) in [6.07, 6.45) is 3.89. The molecule has 118 valence electrons. The molecule has 22 heavy (non-hydrogen) atoms. The number of hydrogen-bond donors (Lipinski definition) is 0. The van der Waals surface area contributed by atoms with Gasteiger partial charge in [0, 0.05) is 5.41 Å². The number of carbonyl (C=O) groups is 3. The lowest BCUT2D eigenvalue weighted by Gasteiger charge is -2.30. The molecule has 5 heteroatoms. The molecule has 0 amide bonds. The molecule has 0 aliphatic heterocycles. The second-order valence-corrected chi connectivity index (χ2v) is 6.05. The van der Waals surface area contributed by atoms with Crippen LogP contribution in [0.15, 0.2) is 35.5 Å². The van der Waals surface area contributed by atoms with Gasteiger partial charge in [-0.15, -0.1) is 0 Å². The summed E-state index contributed by atoms with van der Waals surface area (Å²) in [7, 11) is 2.49. The van der Waals surface area contributed by atoms with Crippen molar-refractivity contribution in [3.05, 3.63) is 35.5 Å². The maximum Gasteiger partial charge on any atom is 0.323 e. The molecular weight excluding hydrogens is 284 g/mol. The normalized spacial score (nSPS) is 22.2. The number of hydrogen-bond acceptors (Lipinski definition) is 5. The molecule has 0 aromatic carbocycles. The minimum atomic E-state index is -1.41. The van der Waals surface area contributed by atoms with Gasteiger partial charge in [0.05, 0.1) is 14.2 Å². The average molecular weight is 304 g/mol. The highest BCUT2D eigenvalue weighted by Gasteiger charge is 2.60. The lowest BCUT2D eigenvalue weighted by atomic mass is 9.73. The molecule has 5 nitrogen and oxygen atoms in total. The summed E-state index contributed by atoms with van der Waals surface area (Å²) in [6.45, 7) is 7.49. The van der Waals surface area contributed by atoms with Crippen molar-refractivity contribution in [2.75, 3.05) is 14.2 Å². The molecule has 0 heterocycles. The van der Waals surface area contributed by atoms with Crippen molar-refractivity contribution in [1.29, 1.82) is 0 Å². The van der Waals surface area contributed by atoms with Gasteiger partial charge < -0.3 is 9.47 Å². The van der Waals surface area contributed by atoms with E-state index in [2.05, 4.69) is 6.58 Å². The van der Waals surface area contributed by atoms with Gasteiger partial charge in [0.25, 0.3) is 0 Å². The van der Waals surface area contributed by atoms with E-state index >= 15 is 0 Å². The molecule has 1 saturated carbocycles. The monoisotopic (exact) mass is 304 g/mol. The summed E-state index contributed by atoms with van der Waals surface area (Å²) in [5.41, 5.74) is -0.216. The molecule has 1 spiro atoms. The molecule has 0 saturated heterocycles. The SMILES string of the molecule is C=C1CC(C(=O)OC)(C(=O)OC)CC12C=C(C)C(=O)C(C)=C2. The van der Waals surface area contributed by atoms with E-state index in [1.807, 2.05) is 0 Å². The Balaban J connectivity index is 2.56. The maximum absolute atomic E-state index is 12.3. The van der Waals surface area contributed by atoms with E-state index in [9.17, 15) is 14.4 Å². The summed E-state index contributed by atoms with van der Waals surface area (Å²) >= 11 is 0. The Morgan fingerprint density at radius 2 is 1.55 bits per heavy atom. The molecule has 0 N–H and O–H groups in total. The lowest BCUT2D eigenvalue weighted by molar-refractivity contribution is -0.168. The number of methoxy groups -OCH3 is 2. The van der Waals surface area contributed by atoms with Crippen LogP contribution in [0.3, 0.4) is 0 Å². The summed E-state index contributed by atoms with van der Waals surface area (Å²) in [6, 6.07) is 0. The number of Topliss-reactive ketones (excluding diaryl/α,β-unsaturated/α-hetero) is 1. The van der Waals surface area contributed by atoms with E-state index in [1.54, 1.807) is 26.0 Å². The summed E-state index contributed by atoms with van der Waals surface area (Å²) in [5.74, 6) is -1.30.